The summed E-state index contributed by atoms with van der Waals surface area (Å²) in [7, 11) is 3.09. The molecule has 2 aliphatic heterocycles. The van der Waals surface area contributed by atoms with Crippen LogP contribution in [0.15, 0.2) is 90.1 Å². The highest BCUT2D eigenvalue weighted by atomic mass is 16.7. The van der Waals surface area contributed by atoms with Crippen LogP contribution in [0.2, 0.25) is 0 Å². The number of anilines is 1. The molecular formula is C29H22N2O5. The largest absolute Gasteiger partial charge is 0.497 e. The third-order valence-electron chi connectivity index (χ3n) is 6.86. The van der Waals surface area contributed by atoms with Gasteiger partial charge in [0.1, 0.15) is 23.1 Å². The maximum absolute atomic E-state index is 14.3. The number of oxime groups is 1. The van der Waals surface area contributed by atoms with Crippen molar-refractivity contribution in [2.45, 2.75) is 5.60 Å². The van der Waals surface area contributed by atoms with Crippen molar-refractivity contribution in [1.29, 1.82) is 0 Å². The number of fused-ring (bicyclic) bond motifs is 3. The van der Waals surface area contributed by atoms with Gasteiger partial charge in [-0.1, -0.05) is 59.8 Å². The second-order valence-electron chi connectivity index (χ2n) is 8.73. The van der Waals surface area contributed by atoms with Crippen LogP contribution in [0.5, 0.6) is 11.5 Å². The number of amides is 1. The van der Waals surface area contributed by atoms with Gasteiger partial charge in [-0.25, -0.2) is 0 Å². The monoisotopic (exact) mass is 478 g/mol. The average Bonchev–Trinajstić information content (AvgIpc) is 3.46. The number of para-hydroxylation sites is 1. The fourth-order valence-corrected chi connectivity index (χ4v) is 5.08. The summed E-state index contributed by atoms with van der Waals surface area (Å²) in [5.41, 5.74) is 0.851. The molecule has 0 aromatic heterocycles. The van der Waals surface area contributed by atoms with Crippen LogP contribution in [0.25, 0.3) is 10.8 Å². The van der Waals surface area contributed by atoms with Crippen LogP contribution >= 0.6 is 0 Å². The standard InChI is InChI=1S/C29H22N2O5/c1-34-20-13-14-21(24(16-20)35-2)26-25(27(32)19-12-11-17-7-3-4-8-18(17)15-19)29(36-31-26)22-9-5-6-10-23(22)30-28(29)33/h3-16,25H,1-2H3,(H,30,33)/t25-,29+/m1/s1. The van der Waals surface area contributed by atoms with Crippen LogP contribution in [-0.4, -0.2) is 31.6 Å². The number of carbonyl (C=O) groups is 2. The van der Waals surface area contributed by atoms with E-state index in [9.17, 15) is 9.59 Å². The van der Waals surface area contributed by atoms with Gasteiger partial charge in [0, 0.05) is 28.4 Å². The summed E-state index contributed by atoms with van der Waals surface area (Å²) >= 11 is 0. The number of hydrogen-bond acceptors (Lipinski definition) is 6. The molecule has 2 heterocycles. The summed E-state index contributed by atoms with van der Waals surface area (Å²) in [6.45, 7) is 0. The first kappa shape index (κ1) is 21.9. The van der Waals surface area contributed by atoms with Gasteiger partial charge in [0.15, 0.2) is 5.78 Å². The zero-order valence-electron chi connectivity index (χ0n) is 19.6. The number of hydrogen-bond donors (Lipinski definition) is 1. The molecule has 4 aromatic rings. The van der Waals surface area contributed by atoms with Crippen molar-refractivity contribution in [2.24, 2.45) is 11.1 Å². The van der Waals surface area contributed by atoms with Crippen LogP contribution in [-0.2, 0) is 15.2 Å². The van der Waals surface area contributed by atoms with Gasteiger partial charge in [0.2, 0.25) is 0 Å². The van der Waals surface area contributed by atoms with Crippen molar-refractivity contribution < 1.29 is 23.9 Å². The zero-order valence-corrected chi connectivity index (χ0v) is 19.6. The van der Waals surface area contributed by atoms with E-state index in [4.69, 9.17) is 14.3 Å². The zero-order chi connectivity index (χ0) is 24.9. The smallest absolute Gasteiger partial charge is 0.277 e. The topological polar surface area (TPSA) is 86.2 Å². The molecule has 1 spiro atoms. The Morgan fingerprint density at radius 2 is 1.69 bits per heavy atom. The molecular weight excluding hydrogens is 456 g/mol. The second-order valence-corrected chi connectivity index (χ2v) is 8.73. The Hall–Kier alpha value is -4.65. The van der Waals surface area contributed by atoms with E-state index < -0.39 is 17.4 Å². The Morgan fingerprint density at radius 3 is 2.50 bits per heavy atom. The number of methoxy groups -OCH3 is 2. The number of carbonyl (C=O) groups excluding carboxylic acids is 2. The molecule has 0 fully saturated rings. The highest BCUT2D eigenvalue weighted by molar-refractivity contribution is 6.25. The summed E-state index contributed by atoms with van der Waals surface area (Å²) in [4.78, 5) is 33.8. The molecule has 7 heteroatoms. The van der Waals surface area contributed by atoms with E-state index in [2.05, 4.69) is 10.5 Å². The predicted molar refractivity (Wildman–Crippen MR) is 136 cm³/mol. The maximum atomic E-state index is 14.3. The normalized spacial score (nSPS) is 20.0. The van der Waals surface area contributed by atoms with E-state index in [1.165, 1.54) is 7.11 Å². The molecule has 0 aliphatic carbocycles. The quantitative estimate of drug-likeness (QED) is 0.411. The fraction of sp³-hybridized carbons (Fsp3) is 0.138. The number of nitrogens with one attached hydrogen (secondary N) is 1. The van der Waals surface area contributed by atoms with E-state index in [1.54, 1.807) is 43.5 Å². The van der Waals surface area contributed by atoms with E-state index in [-0.39, 0.29) is 5.78 Å². The van der Waals surface area contributed by atoms with Gasteiger partial charge < -0.3 is 19.6 Å². The van der Waals surface area contributed by atoms with Crippen LogP contribution in [0, 0.1) is 5.92 Å². The number of nitrogens with zero attached hydrogens (tertiary/aromatic N) is 1. The first-order chi connectivity index (χ1) is 17.6. The molecule has 2 aliphatic rings. The van der Waals surface area contributed by atoms with Gasteiger partial charge in [0.05, 0.1) is 14.2 Å². The minimum absolute atomic E-state index is 0.276. The lowest BCUT2D eigenvalue weighted by molar-refractivity contribution is -0.140. The van der Waals surface area contributed by atoms with Crippen LogP contribution in [0.1, 0.15) is 21.5 Å². The molecule has 1 amide bonds. The van der Waals surface area contributed by atoms with Crippen molar-refractivity contribution in [2.75, 3.05) is 19.5 Å². The Balaban J connectivity index is 1.55. The van der Waals surface area contributed by atoms with E-state index in [0.717, 1.165) is 10.8 Å². The Morgan fingerprint density at radius 1 is 0.917 bits per heavy atom. The number of ketones is 1. The summed E-state index contributed by atoms with van der Waals surface area (Å²) in [5, 5.41) is 9.17. The van der Waals surface area contributed by atoms with Crippen molar-refractivity contribution >= 4 is 33.9 Å². The first-order valence-corrected chi connectivity index (χ1v) is 11.5. The molecule has 7 nitrogen and oxygen atoms in total. The van der Waals surface area contributed by atoms with Crippen molar-refractivity contribution in [1.82, 2.24) is 0 Å². The molecule has 0 bridgehead atoms. The Bertz CT molecular complexity index is 1580. The summed E-state index contributed by atoms with van der Waals surface area (Å²) < 4.78 is 10.9. The van der Waals surface area contributed by atoms with E-state index in [0.29, 0.717) is 39.6 Å². The molecule has 36 heavy (non-hydrogen) atoms. The van der Waals surface area contributed by atoms with Gasteiger partial charge in [-0.3, -0.25) is 9.59 Å². The van der Waals surface area contributed by atoms with Crippen LogP contribution in [0.3, 0.4) is 0 Å². The number of ether oxygens (including phenoxy) is 2. The Kier molecular flexibility index (Phi) is 5.00. The highest BCUT2D eigenvalue weighted by Gasteiger charge is 2.63. The molecule has 6 rings (SSSR count). The summed E-state index contributed by atoms with van der Waals surface area (Å²) in [5.74, 6) is -0.719. The Labute approximate surface area is 207 Å². The predicted octanol–water partition coefficient (Wildman–Crippen LogP) is 4.94. The molecule has 0 saturated carbocycles. The first-order valence-electron chi connectivity index (χ1n) is 11.5. The molecule has 0 unspecified atom stereocenters. The van der Waals surface area contributed by atoms with Gasteiger partial charge in [-0.15, -0.1) is 0 Å². The molecule has 1 N–H and O–H groups in total. The number of benzene rings is 4. The number of Topliss-reactive ketones (excluding diaryl/α,β-unsaturated/α-hetero) is 1. The van der Waals surface area contributed by atoms with Crippen molar-refractivity contribution in [3.63, 3.8) is 0 Å². The van der Waals surface area contributed by atoms with Crippen LogP contribution < -0.4 is 14.8 Å². The lowest BCUT2D eigenvalue weighted by Gasteiger charge is -2.27. The third-order valence-corrected chi connectivity index (χ3v) is 6.86. The summed E-state index contributed by atoms with van der Waals surface area (Å²) in [6.07, 6.45) is 0. The number of rotatable bonds is 5. The lowest BCUT2D eigenvalue weighted by Crippen LogP contribution is -2.46. The molecule has 2 atom stereocenters. The summed E-state index contributed by atoms with van der Waals surface area (Å²) in [6, 6.07) is 25.8. The van der Waals surface area contributed by atoms with Gasteiger partial charge in [-0.05, 0) is 35.0 Å². The second kappa shape index (κ2) is 8.23. The third kappa shape index (κ3) is 3.09. The lowest BCUT2D eigenvalue weighted by atomic mass is 9.74. The molecule has 178 valence electrons. The van der Waals surface area contributed by atoms with E-state index in [1.807, 2.05) is 48.5 Å². The van der Waals surface area contributed by atoms with Gasteiger partial charge >= 0.3 is 0 Å². The molecule has 4 aromatic carbocycles. The minimum atomic E-state index is -1.64. The van der Waals surface area contributed by atoms with Crippen molar-refractivity contribution in [3.05, 3.63) is 102 Å². The molecule has 0 saturated heterocycles. The van der Waals surface area contributed by atoms with Gasteiger partial charge in [0.25, 0.3) is 11.5 Å². The SMILES string of the molecule is COc1ccc(C2=NO[C@]3(C(=O)Nc4ccccc43)[C@H]2C(=O)c2ccc3ccccc3c2)c(OC)c1. The molecule has 0 radical (unpaired) electrons. The minimum Gasteiger partial charge on any atom is -0.497 e. The fourth-order valence-electron chi connectivity index (χ4n) is 5.08. The average molecular weight is 479 g/mol. The highest BCUT2D eigenvalue weighted by Crippen LogP contribution is 2.50. The van der Waals surface area contributed by atoms with Gasteiger partial charge in [-0.2, -0.15) is 0 Å². The van der Waals surface area contributed by atoms with E-state index >= 15 is 0 Å². The maximum Gasteiger partial charge on any atom is 0.277 e. The van der Waals surface area contributed by atoms with Crippen molar-refractivity contribution in [3.8, 4) is 11.5 Å². The van der Waals surface area contributed by atoms with Crippen LogP contribution in [0.4, 0.5) is 5.69 Å².